The molecule has 70 valence electrons. The Morgan fingerprint density at radius 3 is 2.77 bits per heavy atom. The first-order valence-electron chi connectivity index (χ1n) is 4.93. The van der Waals surface area contributed by atoms with Crippen LogP contribution in [0.4, 0.5) is 5.69 Å². The summed E-state index contributed by atoms with van der Waals surface area (Å²) < 4.78 is 0. The van der Waals surface area contributed by atoms with Crippen molar-refractivity contribution in [3.05, 3.63) is 30.3 Å². The normalized spacial score (nSPS) is 22.2. The van der Waals surface area contributed by atoms with Gasteiger partial charge in [-0.2, -0.15) is 0 Å². The second-order valence-electron chi connectivity index (χ2n) is 3.56. The summed E-state index contributed by atoms with van der Waals surface area (Å²) in [6, 6.07) is 11.1. The monoisotopic (exact) mass is 176 g/mol. The van der Waals surface area contributed by atoms with Gasteiger partial charge in [-0.1, -0.05) is 18.2 Å². The van der Waals surface area contributed by atoms with Crippen LogP contribution in [0.2, 0.25) is 0 Å². The lowest BCUT2D eigenvalue weighted by atomic mass is 10.2. The van der Waals surface area contributed by atoms with Crippen molar-refractivity contribution in [1.82, 2.24) is 0 Å². The van der Waals surface area contributed by atoms with E-state index in [1.54, 1.807) is 0 Å². The maximum atomic E-state index is 5.72. The highest BCUT2D eigenvalue weighted by molar-refractivity contribution is 5.48. The smallest absolute Gasteiger partial charge is 0.0412 e. The molecular formula is C11H16N2. The second kappa shape index (κ2) is 3.79. The van der Waals surface area contributed by atoms with Crippen LogP contribution < -0.4 is 10.6 Å². The summed E-state index contributed by atoms with van der Waals surface area (Å²) in [4.78, 5) is 2.42. The number of benzene rings is 1. The van der Waals surface area contributed by atoms with E-state index in [0.717, 1.165) is 13.1 Å². The lowest BCUT2D eigenvalue weighted by molar-refractivity contribution is 0.677. The van der Waals surface area contributed by atoms with Gasteiger partial charge >= 0.3 is 0 Å². The topological polar surface area (TPSA) is 29.3 Å². The number of hydrogen-bond donors (Lipinski definition) is 1. The molecule has 1 aliphatic rings. The molecule has 2 heteroatoms. The van der Waals surface area contributed by atoms with Gasteiger partial charge in [0, 0.05) is 24.8 Å². The average Bonchev–Trinajstić information content (AvgIpc) is 2.67. The fourth-order valence-electron chi connectivity index (χ4n) is 2.04. The van der Waals surface area contributed by atoms with E-state index in [-0.39, 0.29) is 0 Å². The second-order valence-corrected chi connectivity index (χ2v) is 3.56. The fraction of sp³-hybridized carbons (Fsp3) is 0.455. The molecule has 2 N–H and O–H groups in total. The number of nitrogens with two attached hydrogens (primary N) is 1. The van der Waals surface area contributed by atoms with Gasteiger partial charge in [0.25, 0.3) is 0 Å². The van der Waals surface area contributed by atoms with Gasteiger partial charge in [-0.05, 0) is 25.0 Å². The Kier molecular flexibility index (Phi) is 2.50. The largest absolute Gasteiger partial charge is 0.367 e. The summed E-state index contributed by atoms with van der Waals surface area (Å²) in [5, 5.41) is 0. The molecule has 1 saturated heterocycles. The summed E-state index contributed by atoms with van der Waals surface area (Å²) in [7, 11) is 0. The summed E-state index contributed by atoms with van der Waals surface area (Å²) in [6.07, 6.45) is 2.52. The Bertz CT molecular complexity index is 258. The number of para-hydroxylation sites is 1. The Morgan fingerprint density at radius 2 is 2.08 bits per heavy atom. The quantitative estimate of drug-likeness (QED) is 0.742. The minimum Gasteiger partial charge on any atom is -0.367 e. The van der Waals surface area contributed by atoms with Gasteiger partial charge in [0.05, 0.1) is 0 Å². The molecule has 1 fully saturated rings. The standard InChI is InChI=1S/C11H16N2/c12-9-11-7-4-8-13(11)10-5-2-1-3-6-10/h1-3,5-6,11H,4,7-9,12H2. The molecule has 1 aromatic rings. The van der Waals surface area contributed by atoms with Crippen LogP contribution in [0, 0.1) is 0 Å². The molecule has 1 atom stereocenters. The molecule has 0 aliphatic carbocycles. The minimum atomic E-state index is 0.558. The molecule has 0 aromatic heterocycles. The third-order valence-corrected chi connectivity index (χ3v) is 2.74. The third kappa shape index (κ3) is 1.68. The van der Waals surface area contributed by atoms with Crippen LogP contribution in [0.1, 0.15) is 12.8 Å². The van der Waals surface area contributed by atoms with Crippen LogP contribution >= 0.6 is 0 Å². The number of hydrogen-bond acceptors (Lipinski definition) is 2. The Balaban J connectivity index is 2.16. The van der Waals surface area contributed by atoms with Gasteiger partial charge in [0.2, 0.25) is 0 Å². The highest BCUT2D eigenvalue weighted by Gasteiger charge is 2.22. The molecule has 1 aromatic carbocycles. The summed E-state index contributed by atoms with van der Waals surface area (Å²) in [5.74, 6) is 0. The molecule has 0 bridgehead atoms. The highest BCUT2D eigenvalue weighted by Crippen LogP contribution is 2.24. The van der Waals surface area contributed by atoms with Crippen molar-refractivity contribution in [1.29, 1.82) is 0 Å². The van der Waals surface area contributed by atoms with Crippen molar-refractivity contribution in [2.75, 3.05) is 18.0 Å². The van der Waals surface area contributed by atoms with Crippen molar-refractivity contribution in [3.8, 4) is 0 Å². The maximum absolute atomic E-state index is 5.72. The van der Waals surface area contributed by atoms with E-state index in [9.17, 15) is 0 Å². The molecule has 1 unspecified atom stereocenters. The maximum Gasteiger partial charge on any atom is 0.0412 e. The molecule has 13 heavy (non-hydrogen) atoms. The Hall–Kier alpha value is -1.02. The lowest BCUT2D eigenvalue weighted by Gasteiger charge is -2.25. The van der Waals surface area contributed by atoms with E-state index >= 15 is 0 Å². The average molecular weight is 176 g/mol. The zero-order valence-corrected chi connectivity index (χ0v) is 7.82. The zero-order chi connectivity index (χ0) is 9.10. The van der Waals surface area contributed by atoms with Gasteiger partial charge in [-0.3, -0.25) is 0 Å². The van der Waals surface area contributed by atoms with Gasteiger partial charge < -0.3 is 10.6 Å². The summed E-state index contributed by atoms with van der Waals surface area (Å²) in [5.41, 5.74) is 7.04. The molecule has 1 heterocycles. The van der Waals surface area contributed by atoms with Gasteiger partial charge in [0.15, 0.2) is 0 Å². The first-order chi connectivity index (χ1) is 6.42. The first-order valence-corrected chi connectivity index (χ1v) is 4.93. The Labute approximate surface area is 79.4 Å². The highest BCUT2D eigenvalue weighted by atomic mass is 15.2. The molecule has 0 spiro atoms. The zero-order valence-electron chi connectivity index (χ0n) is 7.82. The fourth-order valence-corrected chi connectivity index (χ4v) is 2.04. The van der Waals surface area contributed by atoms with Crippen LogP contribution in [0.15, 0.2) is 30.3 Å². The molecule has 0 saturated carbocycles. The SMILES string of the molecule is NCC1CCCN1c1ccccc1. The van der Waals surface area contributed by atoms with Crippen molar-refractivity contribution in [2.24, 2.45) is 5.73 Å². The van der Waals surface area contributed by atoms with Crippen molar-refractivity contribution < 1.29 is 0 Å². The number of rotatable bonds is 2. The van der Waals surface area contributed by atoms with Gasteiger partial charge in [-0.15, -0.1) is 0 Å². The van der Waals surface area contributed by atoms with Gasteiger partial charge in [-0.25, -0.2) is 0 Å². The molecule has 2 rings (SSSR count). The van der Waals surface area contributed by atoms with E-state index in [1.165, 1.54) is 18.5 Å². The van der Waals surface area contributed by atoms with Crippen LogP contribution in [0.25, 0.3) is 0 Å². The van der Waals surface area contributed by atoms with Crippen LogP contribution in [0.5, 0.6) is 0 Å². The van der Waals surface area contributed by atoms with E-state index in [4.69, 9.17) is 5.73 Å². The van der Waals surface area contributed by atoms with E-state index in [1.807, 2.05) is 0 Å². The molecule has 2 nitrogen and oxygen atoms in total. The molecular weight excluding hydrogens is 160 g/mol. The minimum absolute atomic E-state index is 0.558. The summed E-state index contributed by atoms with van der Waals surface area (Å²) >= 11 is 0. The molecule has 0 radical (unpaired) electrons. The predicted octanol–water partition coefficient (Wildman–Crippen LogP) is 1.61. The first kappa shape index (κ1) is 8.57. The lowest BCUT2D eigenvalue weighted by Crippen LogP contribution is -2.35. The number of nitrogens with zero attached hydrogens (tertiary/aromatic N) is 1. The van der Waals surface area contributed by atoms with Crippen LogP contribution in [-0.4, -0.2) is 19.1 Å². The third-order valence-electron chi connectivity index (χ3n) is 2.74. The van der Waals surface area contributed by atoms with E-state index in [2.05, 4.69) is 35.2 Å². The molecule has 1 aliphatic heterocycles. The van der Waals surface area contributed by atoms with Crippen molar-refractivity contribution >= 4 is 5.69 Å². The Morgan fingerprint density at radius 1 is 1.31 bits per heavy atom. The summed E-state index contributed by atoms with van der Waals surface area (Å²) in [6.45, 7) is 1.93. The van der Waals surface area contributed by atoms with Crippen LogP contribution in [-0.2, 0) is 0 Å². The van der Waals surface area contributed by atoms with E-state index in [0.29, 0.717) is 6.04 Å². The van der Waals surface area contributed by atoms with Crippen molar-refractivity contribution in [3.63, 3.8) is 0 Å². The predicted molar refractivity (Wildman–Crippen MR) is 55.9 cm³/mol. The molecule has 0 amide bonds. The van der Waals surface area contributed by atoms with Crippen LogP contribution in [0.3, 0.4) is 0 Å². The number of anilines is 1. The van der Waals surface area contributed by atoms with E-state index < -0.39 is 0 Å². The van der Waals surface area contributed by atoms with Gasteiger partial charge in [0.1, 0.15) is 0 Å². The van der Waals surface area contributed by atoms with Crippen molar-refractivity contribution in [2.45, 2.75) is 18.9 Å².